The highest BCUT2D eigenvalue weighted by atomic mass is 19.3. The third kappa shape index (κ3) is 5.66. The lowest BCUT2D eigenvalue weighted by atomic mass is 9.96. The molecule has 0 spiro atoms. The number of anilines is 2. The molecule has 2 fully saturated rings. The summed E-state index contributed by atoms with van der Waals surface area (Å²) in [7, 11) is 3.34. The molecule has 1 aliphatic heterocycles. The fourth-order valence-corrected chi connectivity index (χ4v) is 6.37. The highest BCUT2D eigenvalue weighted by Crippen LogP contribution is 2.60. The topological polar surface area (TPSA) is 110 Å². The average Bonchev–Trinajstić information content (AvgIpc) is 3.57. The first-order valence-corrected chi connectivity index (χ1v) is 14.9. The molecule has 246 valence electrons. The van der Waals surface area contributed by atoms with Gasteiger partial charge in [0.1, 0.15) is 41.0 Å². The number of rotatable bonds is 8. The molecule has 2 aromatic carbocycles. The highest BCUT2D eigenvalue weighted by molar-refractivity contribution is 6.01. The Bertz CT molecular complexity index is 1840. The van der Waals surface area contributed by atoms with Gasteiger partial charge in [-0.15, -0.1) is 0 Å². The van der Waals surface area contributed by atoms with Gasteiger partial charge in [0.25, 0.3) is 5.92 Å². The second-order valence-electron chi connectivity index (χ2n) is 12.8. The van der Waals surface area contributed by atoms with Crippen LogP contribution in [-0.4, -0.2) is 90.0 Å². The van der Waals surface area contributed by atoms with Gasteiger partial charge in [-0.3, -0.25) is 0 Å². The first-order valence-electron chi connectivity index (χ1n) is 14.9. The number of nitrogens with zero attached hydrogens (tertiary/aromatic N) is 5. The number of β-amino-alcohol motifs (C(OH)–C–C–N with tert-alkyl or cyclic N) is 1. The van der Waals surface area contributed by atoms with Gasteiger partial charge in [0.05, 0.1) is 36.4 Å². The summed E-state index contributed by atoms with van der Waals surface area (Å²) in [6.45, 7) is 3.18. The number of aliphatic hydroxyl groups is 1. The van der Waals surface area contributed by atoms with Crippen molar-refractivity contribution in [2.24, 2.45) is 5.41 Å². The largest absolute Gasteiger partial charge is 0.463 e. The van der Waals surface area contributed by atoms with E-state index in [1.54, 1.807) is 37.7 Å². The summed E-state index contributed by atoms with van der Waals surface area (Å²) in [5.41, 5.74) is 2.22. The average molecular weight is 647 g/mol. The minimum absolute atomic E-state index is 0.00930. The molecular formula is C32H35F5N6O3. The normalized spacial score (nSPS) is 22.9. The number of pyridine rings is 1. The molecule has 0 amide bonds. The van der Waals surface area contributed by atoms with E-state index in [-0.39, 0.29) is 78.5 Å². The van der Waals surface area contributed by atoms with Gasteiger partial charge in [0.15, 0.2) is 5.82 Å². The first-order chi connectivity index (χ1) is 21.6. The van der Waals surface area contributed by atoms with Crippen molar-refractivity contribution in [3.05, 3.63) is 47.3 Å². The quantitative estimate of drug-likeness (QED) is 0.257. The summed E-state index contributed by atoms with van der Waals surface area (Å²) in [4.78, 5) is 16.1. The van der Waals surface area contributed by atoms with Crippen molar-refractivity contribution in [2.45, 2.75) is 38.2 Å². The van der Waals surface area contributed by atoms with Crippen LogP contribution in [0.4, 0.5) is 33.6 Å². The highest BCUT2D eigenvalue weighted by Gasteiger charge is 2.71. The molecule has 46 heavy (non-hydrogen) atoms. The number of alkyl halides is 2. The molecule has 0 bridgehead atoms. The van der Waals surface area contributed by atoms with Gasteiger partial charge in [-0.1, -0.05) is 13.0 Å². The minimum atomic E-state index is -2.98. The van der Waals surface area contributed by atoms with Gasteiger partial charge in [0, 0.05) is 30.3 Å². The zero-order chi connectivity index (χ0) is 33.2. The number of aromatic nitrogens is 3. The van der Waals surface area contributed by atoms with Crippen LogP contribution in [0.15, 0.2) is 24.3 Å². The number of hydrogen-bond donors (Lipinski definition) is 2. The van der Waals surface area contributed by atoms with Crippen LogP contribution in [0, 0.1) is 22.9 Å². The van der Waals surface area contributed by atoms with Gasteiger partial charge < -0.3 is 30.1 Å². The summed E-state index contributed by atoms with van der Waals surface area (Å²) in [5, 5.41) is 11.4. The van der Waals surface area contributed by atoms with Crippen molar-refractivity contribution in [3.8, 4) is 17.3 Å². The fourth-order valence-electron chi connectivity index (χ4n) is 6.37. The van der Waals surface area contributed by atoms with Crippen molar-refractivity contribution >= 4 is 33.3 Å². The smallest absolute Gasteiger partial charge is 0.319 e. The summed E-state index contributed by atoms with van der Waals surface area (Å²) in [5.74, 6) is -5.74. The van der Waals surface area contributed by atoms with E-state index < -0.39 is 59.0 Å². The molecule has 3 N–H and O–H groups in total. The van der Waals surface area contributed by atoms with Crippen LogP contribution < -0.4 is 15.4 Å². The lowest BCUT2D eigenvalue weighted by Crippen LogP contribution is -2.42. The Balaban J connectivity index is 1.56. The maximum atomic E-state index is 16.8. The van der Waals surface area contributed by atoms with Crippen molar-refractivity contribution in [3.63, 3.8) is 0 Å². The molecule has 1 saturated carbocycles. The Morgan fingerprint density at radius 3 is 2.52 bits per heavy atom. The van der Waals surface area contributed by atoms with Gasteiger partial charge in [-0.2, -0.15) is 9.97 Å². The fraction of sp³-hybridized carbons (Fsp3) is 0.469. The summed E-state index contributed by atoms with van der Waals surface area (Å²) in [6, 6.07) is 4.84. The molecule has 2 atom stereocenters. The second kappa shape index (κ2) is 11.4. The Labute approximate surface area is 262 Å². The number of nitrogen functional groups attached to an aromatic ring is 1. The molecule has 3 heterocycles. The zero-order valence-electron chi connectivity index (χ0n) is 25.9. The number of benzene rings is 2. The van der Waals surface area contributed by atoms with E-state index in [0.717, 1.165) is 6.07 Å². The molecular weight excluding hydrogens is 611 g/mol. The Kier molecular flexibility index (Phi) is 7.97. The molecule has 9 nitrogen and oxygen atoms in total. The van der Waals surface area contributed by atoms with Gasteiger partial charge in [-0.25, -0.2) is 26.9 Å². The number of nitrogens with two attached hydrogens (primary N) is 1. The molecule has 14 heteroatoms. The molecule has 4 aromatic rings. The molecule has 6 rings (SSSR count). The maximum Gasteiger partial charge on any atom is 0.319 e. The van der Waals surface area contributed by atoms with E-state index in [4.69, 9.17) is 15.2 Å². The van der Waals surface area contributed by atoms with Crippen molar-refractivity contribution in [2.75, 3.05) is 64.2 Å². The van der Waals surface area contributed by atoms with Crippen LogP contribution >= 0.6 is 0 Å². The van der Waals surface area contributed by atoms with E-state index in [0.29, 0.717) is 5.39 Å². The van der Waals surface area contributed by atoms with E-state index in [1.807, 2.05) is 0 Å². The van der Waals surface area contributed by atoms with Crippen molar-refractivity contribution in [1.29, 1.82) is 0 Å². The number of halogens is 5. The van der Waals surface area contributed by atoms with Gasteiger partial charge in [-0.05, 0) is 56.6 Å². The van der Waals surface area contributed by atoms with Crippen LogP contribution in [0.1, 0.15) is 25.8 Å². The molecule has 1 saturated heterocycles. The van der Waals surface area contributed by atoms with E-state index in [9.17, 15) is 18.3 Å². The van der Waals surface area contributed by atoms with E-state index in [2.05, 4.69) is 15.0 Å². The third-order valence-electron chi connectivity index (χ3n) is 8.56. The SMILES string of the molecule is CCc1c(F)ccc2cc(N)nc(-c3c(F)cc4c(N5CCOCC(C)(O)C5)nc(OCC5(CN(C)C)CC5(F)F)nc4c3F)c12. The standard InChI is InChI=1S/C32H35F5N6O3/c1-5-18-20(33)7-6-17-10-22(38)39-27(23(17)18)24-21(34)11-19-26(25(24)35)40-29(46-16-31(14-42(3)4)12-32(31,36)37)41-28(19)43-8-9-45-15-30(2,44)13-43/h6-7,10-11,44H,5,8-9,12-16H2,1-4H3,(H2,38,39). The molecule has 2 unspecified atom stereocenters. The van der Waals surface area contributed by atoms with E-state index in [1.165, 1.54) is 18.2 Å². The van der Waals surface area contributed by atoms with Crippen LogP contribution in [0.25, 0.3) is 32.9 Å². The second-order valence-corrected chi connectivity index (χ2v) is 12.8. The predicted octanol–water partition coefficient (Wildman–Crippen LogP) is 4.96. The number of aryl methyl sites for hydroxylation is 1. The zero-order valence-corrected chi connectivity index (χ0v) is 25.9. The lowest BCUT2D eigenvalue weighted by molar-refractivity contribution is -0.0123. The van der Waals surface area contributed by atoms with Crippen LogP contribution in [0.2, 0.25) is 0 Å². The Morgan fingerprint density at radius 2 is 1.85 bits per heavy atom. The van der Waals surface area contributed by atoms with Crippen LogP contribution in [-0.2, 0) is 11.2 Å². The lowest BCUT2D eigenvalue weighted by Gasteiger charge is -2.29. The number of hydrogen-bond acceptors (Lipinski definition) is 9. The van der Waals surface area contributed by atoms with Gasteiger partial charge >= 0.3 is 6.01 Å². The molecule has 2 aliphatic rings. The predicted molar refractivity (Wildman–Crippen MR) is 164 cm³/mol. The summed E-state index contributed by atoms with van der Waals surface area (Å²) in [6.07, 6.45) is -0.196. The van der Waals surface area contributed by atoms with Crippen LogP contribution in [0.3, 0.4) is 0 Å². The summed E-state index contributed by atoms with van der Waals surface area (Å²) >= 11 is 0. The maximum absolute atomic E-state index is 16.8. The van der Waals surface area contributed by atoms with Crippen LogP contribution in [0.5, 0.6) is 6.01 Å². The monoisotopic (exact) mass is 646 g/mol. The Morgan fingerprint density at radius 1 is 1.11 bits per heavy atom. The Hall–Kier alpha value is -3.88. The molecule has 0 radical (unpaired) electrons. The van der Waals surface area contributed by atoms with Gasteiger partial charge in [0.2, 0.25) is 0 Å². The number of ether oxygens (including phenoxy) is 2. The minimum Gasteiger partial charge on any atom is -0.463 e. The molecule has 2 aromatic heterocycles. The molecule has 1 aliphatic carbocycles. The number of fused-ring (bicyclic) bond motifs is 2. The van der Waals surface area contributed by atoms with Crippen molar-refractivity contribution in [1.82, 2.24) is 19.9 Å². The summed E-state index contributed by atoms with van der Waals surface area (Å²) < 4.78 is 88.2. The first kappa shape index (κ1) is 32.1. The third-order valence-corrected chi connectivity index (χ3v) is 8.56. The van der Waals surface area contributed by atoms with Crippen molar-refractivity contribution < 1.29 is 36.5 Å². The van der Waals surface area contributed by atoms with E-state index >= 15 is 8.78 Å².